The van der Waals surface area contributed by atoms with Gasteiger partial charge in [0.1, 0.15) is 28.9 Å². The second-order valence-corrected chi connectivity index (χ2v) is 17.0. The lowest BCUT2D eigenvalue weighted by Crippen LogP contribution is -2.31. The fraction of sp³-hybridized carbons (Fsp3) is 0.0517. The van der Waals surface area contributed by atoms with Crippen molar-refractivity contribution in [3.05, 3.63) is 211 Å². The Balaban J connectivity index is 0.000000130. The van der Waals surface area contributed by atoms with E-state index in [1.54, 1.807) is 101 Å². The van der Waals surface area contributed by atoms with Gasteiger partial charge in [-0.25, -0.2) is 28.7 Å². The van der Waals surface area contributed by atoms with Gasteiger partial charge in [0, 0.05) is 98.6 Å². The summed E-state index contributed by atoms with van der Waals surface area (Å²) >= 11 is 3.49. The van der Waals surface area contributed by atoms with E-state index in [1.807, 2.05) is 97.5 Å². The minimum atomic E-state index is -1.67. The van der Waals surface area contributed by atoms with Crippen molar-refractivity contribution in [1.82, 2.24) is 34.9 Å². The molecule has 0 saturated carbocycles. The van der Waals surface area contributed by atoms with E-state index in [9.17, 15) is 18.8 Å². The third-order valence-electron chi connectivity index (χ3n) is 11.8. The van der Waals surface area contributed by atoms with E-state index < -0.39 is 12.9 Å². The van der Waals surface area contributed by atoms with Crippen LogP contribution in [0.1, 0.15) is 0 Å². The van der Waals surface area contributed by atoms with Crippen LogP contribution in [0.2, 0.25) is 0 Å². The van der Waals surface area contributed by atoms with Crippen LogP contribution in [0.4, 0.5) is 8.78 Å². The molecule has 0 atom stereocenters. The number of fused-ring (bicyclic) bond motifs is 5. The number of nitrogens with zero attached hydrogens (tertiary/aromatic N) is 7. The summed E-state index contributed by atoms with van der Waals surface area (Å²) in [5, 5.41) is 26.8. The summed E-state index contributed by atoms with van der Waals surface area (Å²) in [7, 11) is 3.30. The first-order valence-corrected chi connectivity index (χ1v) is 23.7. The number of halogens is 3. The van der Waals surface area contributed by atoms with Crippen LogP contribution in [-0.2, 0) is 0 Å². The first kappa shape index (κ1) is 50.1. The molecule has 5 aromatic carbocycles. The maximum absolute atomic E-state index is 14.5. The molecule has 0 fully saturated rings. The van der Waals surface area contributed by atoms with Gasteiger partial charge in [-0.05, 0) is 153 Å². The van der Waals surface area contributed by atoms with Gasteiger partial charge in [-0.2, -0.15) is 0 Å². The monoisotopic (exact) mass is 1050 g/mol. The zero-order valence-electron chi connectivity index (χ0n) is 39.9. The molecular formula is C58H43BBrF2N7O5. The number of rotatable bonds is 7. The molecule has 16 heteroatoms. The second-order valence-electron chi connectivity index (χ2n) is 16.2. The number of hydrogen-bond acceptors (Lipinski definition) is 12. The summed E-state index contributed by atoms with van der Waals surface area (Å²) in [5.74, 6) is 1.70. The molecule has 74 heavy (non-hydrogen) atoms. The Labute approximate surface area is 432 Å². The minimum absolute atomic E-state index is 0.251. The predicted molar refractivity (Wildman–Crippen MR) is 291 cm³/mol. The van der Waals surface area contributed by atoms with Crippen LogP contribution in [-0.4, -0.2) is 73.4 Å². The average molecular weight is 1050 g/mol. The maximum Gasteiger partial charge on any atom is 0.489 e. The Morgan fingerprint density at radius 2 is 1.00 bits per heavy atom. The Bertz CT molecular complexity index is 3950. The maximum atomic E-state index is 14.5. The minimum Gasteiger partial charge on any atom is -0.497 e. The summed E-state index contributed by atoms with van der Waals surface area (Å²) in [5.41, 5.74) is 4.51. The van der Waals surface area contributed by atoms with E-state index in [0.29, 0.717) is 39.2 Å². The number of methoxy groups -OCH3 is 3. The lowest BCUT2D eigenvalue weighted by atomic mass is 9.78. The van der Waals surface area contributed by atoms with Crippen molar-refractivity contribution in [3.63, 3.8) is 0 Å². The van der Waals surface area contributed by atoms with Gasteiger partial charge in [0.25, 0.3) is 0 Å². The van der Waals surface area contributed by atoms with Crippen molar-refractivity contribution < 1.29 is 33.0 Å². The van der Waals surface area contributed by atoms with E-state index in [-0.39, 0.29) is 11.3 Å². The molecule has 0 aliphatic carbocycles. The third-order valence-corrected chi connectivity index (χ3v) is 12.7. The highest BCUT2D eigenvalue weighted by Gasteiger charge is 2.20. The molecule has 12 aromatic rings. The van der Waals surface area contributed by atoms with Crippen molar-refractivity contribution in [2.24, 2.45) is 0 Å². The summed E-state index contributed by atoms with van der Waals surface area (Å²) in [6.07, 6.45) is 14.0. The van der Waals surface area contributed by atoms with Crippen molar-refractivity contribution in [3.8, 4) is 50.9 Å². The number of pyridine rings is 7. The number of ether oxygens (including phenoxy) is 3. The van der Waals surface area contributed by atoms with Crippen LogP contribution in [0.15, 0.2) is 200 Å². The van der Waals surface area contributed by atoms with E-state index in [0.717, 1.165) is 70.6 Å². The number of benzene rings is 5. The van der Waals surface area contributed by atoms with Crippen LogP contribution in [0, 0.1) is 11.6 Å². The molecule has 364 valence electrons. The SMILES string of the molecule is COc1ccc2cnccc2c1.COc1ccc2cnccc2c1-c1cc(-c2ccccc2F)nc2ncccc12.COc1ccc2cnccc2c1Br.OB(O)c1cc(-c2ccccc2F)nc2ncccc12. The summed E-state index contributed by atoms with van der Waals surface area (Å²) in [6.45, 7) is 0. The van der Waals surface area contributed by atoms with E-state index in [1.165, 1.54) is 18.2 Å². The molecule has 7 aromatic heterocycles. The van der Waals surface area contributed by atoms with E-state index in [2.05, 4.69) is 50.8 Å². The quantitative estimate of drug-likeness (QED) is 0.146. The molecule has 0 spiro atoms. The molecule has 0 aliphatic heterocycles. The van der Waals surface area contributed by atoms with Crippen LogP contribution in [0.3, 0.4) is 0 Å². The second kappa shape index (κ2) is 23.2. The molecule has 7 heterocycles. The molecule has 12 nitrogen and oxygen atoms in total. The molecule has 0 aliphatic rings. The number of aromatic nitrogens is 7. The fourth-order valence-corrected chi connectivity index (χ4v) is 8.88. The van der Waals surface area contributed by atoms with Gasteiger partial charge >= 0.3 is 7.12 Å². The Hall–Kier alpha value is -8.83. The normalized spacial score (nSPS) is 10.7. The molecular weight excluding hydrogens is 1000 g/mol. The van der Waals surface area contributed by atoms with Crippen molar-refractivity contribution >= 4 is 82.9 Å². The van der Waals surface area contributed by atoms with Crippen LogP contribution >= 0.6 is 15.9 Å². The van der Waals surface area contributed by atoms with Gasteiger partial charge in [-0.15, -0.1) is 0 Å². The van der Waals surface area contributed by atoms with Crippen LogP contribution < -0.4 is 19.7 Å². The van der Waals surface area contributed by atoms with Gasteiger partial charge in [0.15, 0.2) is 11.3 Å². The van der Waals surface area contributed by atoms with Crippen LogP contribution in [0.25, 0.3) is 88.0 Å². The highest BCUT2D eigenvalue weighted by molar-refractivity contribution is 9.10. The van der Waals surface area contributed by atoms with Gasteiger partial charge in [0.2, 0.25) is 0 Å². The smallest absolute Gasteiger partial charge is 0.489 e. The zero-order valence-corrected chi connectivity index (χ0v) is 41.5. The van der Waals surface area contributed by atoms with E-state index >= 15 is 0 Å². The molecule has 2 N–H and O–H groups in total. The number of hydrogen-bond donors (Lipinski definition) is 2. The summed E-state index contributed by atoms with van der Waals surface area (Å²) in [4.78, 5) is 29.7. The van der Waals surface area contributed by atoms with Crippen LogP contribution in [0.5, 0.6) is 17.2 Å². The van der Waals surface area contributed by atoms with Crippen molar-refractivity contribution in [2.75, 3.05) is 21.3 Å². The first-order chi connectivity index (χ1) is 36.1. The Kier molecular flexibility index (Phi) is 15.7. The molecule has 0 radical (unpaired) electrons. The van der Waals surface area contributed by atoms with Crippen molar-refractivity contribution in [2.45, 2.75) is 0 Å². The van der Waals surface area contributed by atoms with Gasteiger partial charge in [-0.3, -0.25) is 15.0 Å². The summed E-state index contributed by atoms with van der Waals surface area (Å²) < 4.78 is 45.3. The molecule has 0 bridgehead atoms. The topological polar surface area (TPSA) is 158 Å². The van der Waals surface area contributed by atoms with Gasteiger partial charge < -0.3 is 24.3 Å². The fourth-order valence-electron chi connectivity index (χ4n) is 8.23. The molecule has 0 saturated heterocycles. The molecule has 0 amide bonds. The zero-order chi connectivity index (χ0) is 51.6. The van der Waals surface area contributed by atoms with Gasteiger partial charge in [0.05, 0.1) is 37.2 Å². The third kappa shape index (κ3) is 11.0. The standard InChI is InChI=1S/C24H16FN3O.C14H10BFN2O2.C10H8BrNO.C10H9NO/c1-29-22-9-8-15-14-26-12-10-16(15)23(22)19-13-21(18-5-2-3-7-20(18)25)28-24-17(19)6-4-11-27-24;16-12-6-2-1-4-10(12)13-8-11(15(19)20)9-5-3-7-17-14(9)18-13;1-13-9-3-2-7-6-12-5-4-8(7)10(9)11;1-12-10-3-2-9-7-11-5-4-8(9)6-10/h2-14H,1H3;1-8,19-20H;2-6H,1H3;2-7H,1H3. The lowest BCUT2D eigenvalue weighted by Gasteiger charge is -2.15. The molecule has 12 rings (SSSR count). The molecule has 0 unspecified atom stereocenters. The highest BCUT2D eigenvalue weighted by Crippen LogP contribution is 2.41. The summed E-state index contributed by atoms with van der Waals surface area (Å²) in [6, 6.07) is 43.0. The van der Waals surface area contributed by atoms with Gasteiger partial charge in [-0.1, -0.05) is 30.3 Å². The average Bonchev–Trinajstić information content (AvgIpc) is 3.45. The Morgan fingerprint density at radius 3 is 1.62 bits per heavy atom. The largest absolute Gasteiger partial charge is 0.497 e. The highest BCUT2D eigenvalue weighted by atomic mass is 79.9. The van der Waals surface area contributed by atoms with Crippen molar-refractivity contribution in [1.29, 1.82) is 0 Å². The first-order valence-electron chi connectivity index (χ1n) is 22.9. The Morgan fingerprint density at radius 1 is 0.459 bits per heavy atom. The lowest BCUT2D eigenvalue weighted by molar-refractivity contribution is 0.413. The van der Waals surface area contributed by atoms with E-state index in [4.69, 9.17) is 14.2 Å². The predicted octanol–water partition coefficient (Wildman–Crippen LogP) is 12.0.